The minimum Gasteiger partial charge on any atom is -0.445 e. The van der Waals surface area contributed by atoms with Gasteiger partial charge in [0, 0.05) is 55.1 Å². The van der Waals surface area contributed by atoms with Gasteiger partial charge in [-0.05, 0) is 56.1 Å². The number of rotatable bonds is 9. The molecule has 2 aliphatic rings. The van der Waals surface area contributed by atoms with E-state index in [2.05, 4.69) is 34.4 Å². The number of carbonyl (C=O) groups excluding carboxylic acids is 1. The Labute approximate surface area is 211 Å². The monoisotopic (exact) mass is 490 g/mol. The number of para-hydroxylation sites is 1. The zero-order valence-corrected chi connectivity index (χ0v) is 20.8. The molecule has 5 rings (SSSR count). The van der Waals surface area contributed by atoms with Crippen LogP contribution in [0.4, 0.5) is 5.69 Å². The highest BCUT2D eigenvalue weighted by atomic mass is 35.5. The van der Waals surface area contributed by atoms with Crippen LogP contribution in [0.25, 0.3) is 11.3 Å². The van der Waals surface area contributed by atoms with Crippen LogP contribution in [0.3, 0.4) is 0 Å². The van der Waals surface area contributed by atoms with E-state index < -0.39 is 0 Å². The molecule has 2 aromatic carbocycles. The van der Waals surface area contributed by atoms with Gasteiger partial charge in [-0.1, -0.05) is 41.9 Å². The van der Waals surface area contributed by atoms with Crippen LogP contribution in [0.15, 0.2) is 57.9 Å². The number of carbonyl (C=O) groups is 1. The van der Waals surface area contributed by atoms with E-state index in [1.807, 2.05) is 42.6 Å². The van der Waals surface area contributed by atoms with Crippen LogP contribution in [-0.4, -0.2) is 48.7 Å². The van der Waals surface area contributed by atoms with E-state index in [-0.39, 0.29) is 11.8 Å². The Morgan fingerprint density at radius 1 is 1.17 bits per heavy atom. The summed E-state index contributed by atoms with van der Waals surface area (Å²) in [6.07, 6.45) is 5.61. The molecule has 0 saturated carbocycles. The van der Waals surface area contributed by atoms with Crippen molar-refractivity contribution in [2.24, 2.45) is 10.9 Å². The maximum atomic E-state index is 12.6. The van der Waals surface area contributed by atoms with Gasteiger partial charge in [-0.2, -0.15) is 0 Å². The first-order valence-electron chi connectivity index (χ1n) is 12.4. The summed E-state index contributed by atoms with van der Waals surface area (Å²) in [5.74, 6) is 2.30. The van der Waals surface area contributed by atoms with Gasteiger partial charge in [0.2, 0.25) is 5.91 Å². The maximum Gasteiger partial charge on any atom is 0.220 e. The number of aromatic nitrogens is 1. The fourth-order valence-electron chi connectivity index (χ4n) is 4.95. The highest BCUT2D eigenvalue weighted by Gasteiger charge is 2.22. The minimum absolute atomic E-state index is 0.0540. The van der Waals surface area contributed by atoms with E-state index in [9.17, 15) is 4.79 Å². The number of hydrogen-bond donors (Lipinski definition) is 1. The Balaban J connectivity index is 1.24. The number of benzene rings is 2. The molecule has 0 bridgehead atoms. The van der Waals surface area contributed by atoms with Crippen molar-refractivity contribution in [3.63, 3.8) is 0 Å². The normalized spacial score (nSPS) is 19.3. The smallest absolute Gasteiger partial charge is 0.220 e. The highest BCUT2D eigenvalue weighted by molar-refractivity contribution is 6.30. The molecule has 0 spiro atoms. The standard InChI is InChI=1S/C28H31ClN4O2/c1-33-15-14-19(18-33)16-31-26(34)12-11-25-28(20-6-9-22(29)10-7-20)32-27(35-25)13-8-21-17-30-24-5-3-2-4-23(21)24/h2-7,9-10,17,19,21H,8,11-16,18H2,1H3,(H,31,34)/t19?,21-/m0/s1. The van der Waals surface area contributed by atoms with E-state index in [0.717, 1.165) is 55.2 Å². The number of aliphatic imine (C=N–C) groups is 1. The summed E-state index contributed by atoms with van der Waals surface area (Å²) in [4.78, 5) is 24.2. The van der Waals surface area contributed by atoms with Gasteiger partial charge in [0.15, 0.2) is 5.89 Å². The molecule has 1 fully saturated rings. The lowest BCUT2D eigenvalue weighted by Gasteiger charge is -2.11. The van der Waals surface area contributed by atoms with Crippen LogP contribution in [0.5, 0.6) is 0 Å². The van der Waals surface area contributed by atoms with Gasteiger partial charge in [-0.25, -0.2) is 4.98 Å². The number of oxazole rings is 1. The molecule has 3 aromatic rings. The Bertz CT molecular complexity index is 1200. The van der Waals surface area contributed by atoms with E-state index in [1.54, 1.807) is 0 Å². The average molecular weight is 491 g/mol. The van der Waals surface area contributed by atoms with Gasteiger partial charge >= 0.3 is 0 Å². The number of hydrogen-bond acceptors (Lipinski definition) is 5. The summed E-state index contributed by atoms with van der Waals surface area (Å²) in [6.45, 7) is 2.88. The van der Waals surface area contributed by atoms with Crippen molar-refractivity contribution >= 4 is 29.4 Å². The number of amides is 1. The molecule has 3 heterocycles. The second-order valence-electron chi connectivity index (χ2n) is 9.59. The fraction of sp³-hybridized carbons (Fsp3) is 0.393. The first-order chi connectivity index (χ1) is 17.0. The molecule has 182 valence electrons. The summed E-state index contributed by atoms with van der Waals surface area (Å²) < 4.78 is 6.21. The Kier molecular flexibility index (Phi) is 7.30. The van der Waals surface area contributed by atoms with Crippen LogP contribution in [0.1, 0.15) is 42.4 Å². The predicted molar refractivity (Wildman–Crippen MR) is 140 cm³/mol. The number of nitrogens with zero attached hydrogens (tertiary/aromatic N) is 3. The van der Waals surface area contributed by atoms with Crippen LogP contribution >= 0.6 is 11.6 Å². The number of likely N-dealkylation sites (tertiary alicyclic amines) is 1. The van der Waals surface area contributed by atoms with Gasteiger partial charge in [0.25, 0.3) is 0 Å². The van der Waals surface area contributed by atoms with Crippen LogP contribution in [-0.2, 0) is 17.6 Å². The van der Waals surface area contributed by atoms with Crippen molar-refractivity contribution in [1.82, 2.24) is 15.2 Å². The van der Waals surface area contributed by atoms with E-state index in [1.165, 1.54) is 5.56 Å². The third-order valence-corrected chi connectivity index (χ3v) is 7.17. The van der Waals surface area contributed by atoms with Crippen molar-refractivity contribution in [3.8, 4) is 11.3 Å². The molecule has 1 N–H and O–H groups in total. The molecule has 7 heteroatoms. The first kappa shape index (κ1) is 23.8. The number of nitrogens with one attached hydrogen (secondary N) is 1. The average Bonchev–Trinajstić information content (AvgIpc) is 3.59. The molecular formula is C28H31ClN4O2. The molecule has 2 aliphatic heterocycles. The first-order valence-corrected chi connectivity index (χ1v) is 12.8. The van der Waals surface area contributed by atoms with Crippen molar-refractivity contribution in [2.45, 2.75) is 38.0 Å². The van der Waals surface area contributed by atoms with Gasteiger partial charge in [0.1, 0.15) is 11.5 Å². The Hall–Kier alpha value is -2.96. The topological polar surface area (TPSA) is 70.7 Å². The van der Waals surface area contributed by atoms with Crippen molar-refractivity contribution in [3.05, 3.63) is 70.8 Å². The molecule has 0 aliphatic carbocycles. The van der Waals surface area contributed by atoms with Crippen LogP contribution in [0, 0.1) is 5.92 Å². The molecule has 0 radical (unpaired) electrons. The molecule has 1 aromatic heterocycles. The van der Waals surface area contributed by atoms with E-state index in [4.69, 9.17) is 21.0 Å². The fourth-order valence-corrected chi connectivity index (χ4v) is 5.08. The van der Waals surface area contributed by atoms with Crippen molar-refractivity contribution < 1.29 is 9.21 Å². The maximum absolute atomic E-state index is 12.6. The van der Waals surface area contributed by atoms with Gasteiger partial charge in [-0.15, -0.1) is 0 Å². The largest absolute Gasteiger partial charge is 0.445 e. The zero-order valence-electron chi connectivity index (χ0n) is 20.0. The van der Waals surface area contributed by atoms with Gasteiger partial charge < -0.3 is 14.6 Å². The van der Waals surface area contributed by atoms with Gasteiger partial charge in [-0.3, -0.25) is 9.79 Å². The van der Waals surface area contributed by atoms with Crippen molar-refractivity contribution in [2.75, 3.05) is 26.7 Å². The lowest BCUT2D eigenvalue weighted by atomic mass is 9.96. The second kappa shape index (κ2) is 10.8. The summed E-state index contributed by atoms with van der Waals surface area (Å²) >= 11 is 6.10. The van der Waals surface area contributed by atoms with E-state index >= 15 is 0 Å². The molecule has 1 saturated heterocycles. The van der Waals surface area contributed by atoms with Crippen molar-refractivity contribution in [1.29, 1.82) is 0 Å². The zero-order chi connectivity index (χ0) is 24.2. The number of fused-ring (bicyclic) bond motifs is 1. The molecule has 6 nitrogen and oxygen atoms in total. The number of halogens is 1. The summed E-state index contributed by atoms with van der Waals surface area (Å²) in [5.41, 5.74) is 4.04. The molecular weight excluding hydrogens is 460 g/mol. The van der Waals surface area contributed by atoms with Gasteiger partial charge in [0.05, 0.1) is 5.69 Å². The highest BCUT2D eigenvalue weighted by Crippen LogP contribution is 2.35. The molecule has 1 unspecified atom stereocenters. The lowest BCUT2D eigenvalue weighted by Crippen LogP contribution is -2.30. The Morgan fingerprint density at radius 3 is 2.80 bits per heavy atom. The second-order valence-corrected chi connectivity index (χ2v) is 10.0. The quantitative estimate of drug-likeness (QED) is 0.434. The molecule has 1 amide bonds. The van der Waals surface area contributed by atoms with Crippen LogP contribution < -0.4 is 5.32 Å². The van der Waals surface area contributed by atoms with E-state index in [0.29, 0.717) is 36.1 Å². The lowest BCUT2D eigenvalue weighted by molar-refractivity contribution is -0.121. The number of aryl methyl sites for hydroxylation is 2. The SMILES string of the molecule is CN1CCC(CNC(=O)CCc2oc(CC[C@H]3C=Nc4ccccc43)nc2-c2ccc(Cl)cc2)C1. The van der Waals surface area contributed by atoms with Crippen LogP contribution in [0.2, 0.25) is 5.02 Å². The Morgan fingerprint density at radius 2 is 2.00 bits per heavy atom. The third kappa shape index (κ3) is 5.82. The minimum atomic E-state index is 0.0540. The molecule has 35 heavy (non-hydrogen) atoms. The third-order valence-electron chi connectivity index (χ3n) is 6.91. The summed E-state index contributed by atoms with van der Waals surface area (Å²) in [5, 5.41) is 3.78. The molecule has 2 atom stereocenters. The predicted octanol–water partition coefficient (Wildman–Crippen LogP) is 5.43. The summed E-state index contributed by atoms with van der Waals surface area (Å²) in [6, 6.07) is 15.9. The summed E-state index contributed by atoms with van der Waals surface area (Å²) in [7, 11) is 2.12.